The van der Waals surface area contributed by atoms with Gasteiger partial charge < -0.3 is 9.79 Å². The van der Waals surface area contributed by atoms with Crippen molar-refractivity contribution in [3.63, 3.8) is 0 Å². The van der Waals surface area contributed by atoms with E-state index in [-0.39, 0.29) is 11.8 Å². The van der Waals surface area contributed by atoms with Gasteiger partial charge in [0.2, 0.25) is 5.52 Å². The van der Waals surface area contributed by atoms with Gasteiger partial charge >= 0.3 is 7.60 Å². The lowest BCUT2D eigenvalue weighted by Crippen LogP contribution is -2.45. The normalized spacial score (nSPS) is 36.8. The van der Waals surface area contributed by atoms with Crippen molar-refractivity contribution in [2.24, 2.45) is 53.3 Å². The second-order valence-electron chi connectivity index (χ2n) is 10.4. The Kier molecular flexibility index (Phi) is 7.78. The topological polar surface area (TPSA) is 74.6 Å². The molecule has 6 atom stereocenters. The van der Waals surface area contributed by atoms with Crippen LogP contribution in [-0.2, 0) is 9.36 Å². The van der Waals surface area contributed by atoms with E-state index in [9.17, 15) is 19.1 Å². The lowest BCUT2D eigenvalue weighted by molar-refractivity contribution is -0.125. The van der Waals surface area contributed by atoms with Gasteiger partial charge in [-0.2, -0.15) is 0 Å². The van der Waals surface area contributed by atoms with E-state index >= 15 is 0 Å². The van der Waals surface area contributed by atoms with Gasteiger partial charge in [0, 0.05) is 5.92 Å². The summed E-state index contributed by atoms with van der Waals surface area (Å²) in [7, 11) is -4.74. The predicted molar refractivity (Wildman–Crippen MR) is 110 cm³/mol. The Balaban J connectivity index is 2.49. The molecule has 0 aromatic carbocycles. The highest BCUT2D eigenvalue weighted by Crippen LogP contribution is 2.55. The first-order valence-electron chi connectivity index (χ1n) is 11.0. The van der Waals surface area contributed by atoms with Gasteiger partial charge in [-0.3, -0.25) is 9.36 Å². The monoisotopic (exact) mass is 400 g/mol. The van der Waals surface area contributed by atoms with E-state index in [0.717, 1.165) is 38.5 Å². The minimum absolute atomic E-state index is 0.102. The number of hydrogen-bond acceptors (Lipinski definition) is 2. The van der Waals surface area contributed by atoms with Crippen molar-refractivity contribution >= 4 is 13.1 Å². The van der Waals surface area contributed by atoms with Gasteiger partial charge in [-0.25, -0.2) is 0 Å². The van der Waals surface area contributed by atoms with E-state index in [1.807, 2.05) is 0 Å². The van der Waals surface area contributed by atoms with E-state index in [1.54, 1.807) is 0 Å². The molecule has 5 heteroatoms. The van der Waals surface area contributed by atoms with Crippen molar-refractivity contribution in [3.8, 4) is 0 Å². The second kappa shape index (κ2) is 9.09. The molecular weight excluding hydrogens is 359 g/mol. The largest absolute Gasteiger partial charge is 0.391 e. The summed E-state index contributed by atoms with van der Waals surface area (Å²) in [5, 5.41) is 0. The van der Waals surface area contributed by atoms with E-state index in [1.165, 1.54) is 0 Å². The molecule has 27 heavy (non-hydrogen) atoms. The molecule has 2 saturated carbocycles. The summed E-state index contributed by atoms with van der Waals surface area (Å²) in [4.78, 5) is 32.9. The molecule has 6 unspecified atom stereocenters. The van der Waals surface area contributed by atoms with Crippen molar-refractivity contribution in [2.45, 2.75) is 80.1 Å². The highest BCUT2D eigenvalue weighted by Gasteiger charge is 2.50. The molecule has 0 amide bonds. The average Bonchev–Trinajstić information content (AvgIpc) is 2.53. The van der Waals surface area contributed by atoms with E-state index < -0.39 is 19.0 Å². The van der Waals surface area contributed by atoms with Crippen LogP contribution >= 0.6 is 7.60 Å². The van der Waals surface area contributed by atoms with Crippen LogP contribution in [0.1, 0.15) is 80.1 Å². The summed E-state index contributed by atoms with van der Waals surface area (Å²) in [6.45, 7) is 13.3. The van der Waals surface area contributed by atoms with Crippen molar-refractivity contribution in [1.82, 2.24) is 0 Å². The molecule has 0 heterocycles. The zero-order valence-corrected chi connectivity index (χ0v) is 19.0. The van der Waals surface area contributed by atoms with Crippen LogP contribution in [-0.4, -0.2) is 15.3 Å². The van der Waals surface area contributed by atoms with Crippen LogP contribution < -0.4 is 0 Å². The summed E-state index contributed by atoms with van der Waals surface area (Å²) in [5.74, 6) is 2.40. The van der Waals surface area contributed by atoms with E-state index in [0.29, 0.717) is 35.5 Å². The predicted octanol–water partition coefficient (Wildman–Crippen LogP) is 5.72. The minimum atomic E-state index is -4.74. The van der Waals surface area contributed by atoms with Crippen LogP contribution in [0.3, 0.4) is 0 Å². The fourth-order valence-electron chi connectivity index (χ4n) is 6.26. The molecule has 158 valence electrons. The molecule has 2 aliphatic rings. The molecular formula is C22H41O4P. The lowest BCUT2D eigenvalue weighted by atomic mass is 9.57. The highest BCUT2D eigenvalue weighted by atomic mass is 31.2. The number of carbonyl (C=O) groups is 1. The third kappa shape index (κ3) is 5.46. The van der Waals surface area contributed by atoms with Gasteiger partial charge in [-0.05, 0) is 73.0 Å². The fourth-order valence-corrected chi connectivity index (χ4v) is 7.03. The van der Waals surface area contributed by atoms with Gasteiger partial charge in [0.15, 0.2) is 0 Å². The molecule has 0 saturated heterocycles. The van der Waals surface area contributed by atoms with Gasteiger partial charge in [-0.1, -0.05) is 54.4 Å². The summed E-state index contributed by atoms with van der Waals surface area (Å²) >= 11 is 0. The van der Waals surface area contributed by atoms with Crippen LogP contribution in [0.5, 0.6) is 0 Å². The maximum absolute atomic E-state index is 13.1. The first-order valence-corrected chi connectivity index (χ1v) is 12.6. The van der Waals surface area contributed by atoms with Gasteiger partial charge in [0.1, 0.15) is 0 Å². The van der Waals surface area contributed by atoms with Crippen molar-refractivity contribution in [3.05, 3.63) is 0 Å². The summed E-state index contributed by atoms with van der Waals surface area (Å²) < 4.78 is 12.1. The fraction of sp³-hybridized carbons (Fsp3) is 0.955. The van der Waals surface area contributed by atoms with Crippen molar-refractivity contribution < 1.29 is 19.1 Å². The first kappa shape index (κ1) is 23.1. The second-order valence-corrected chi connectivity index (χ2v) is 11.9. The lowest BCUT2D eigenvalue weighted by Gasteiger charge is -2.48. The van der Waals surface area contributed by atoms with Crippen LogP contribution in [0.15, 0.2) is 0 Å². The maximum atomic E-state index is 13.1. The van der Waals surface area contributed by atoms with Crippen molar-refractivity contribution in [1.29, 1.82) is 0 Å². The molecule has 4 nitrogen and oxygen atoms in total. The molecule has 2 aliphatic carbocycles. The Labute approximate surface area is 166 Å². The third-order valence-electron chi connectivity index (χ3n) is 7.64. The summed E-state index contributed by atoms with van der Waals surface area (Å²) in [6, 6.07) is 0. The quantitative estimate of drug-likeness (QED) is 0.559. The molecule has 0 aromatic rings. The molecule has 0 aromatic heterocycles. The Morgan fingerprint density at radius 1 is 0.778 bits per heavy atom. The molecule has 2 fully saturated rings. The third-order valence-corrected chi connectivity index (χ3v) is 8.51. The highest BCUT2D eigenvalue weighted by molar-refractivity contribution is 7.70. The minimum Gasteiger partial charge on any atom is -0.319 e. The van der Waals surface area contributed by atoms with Crippen LogP contribution in [0, 0.1) is 53.3 Å². The first-order chi connectivity index (χ1) is 12.4. The average molecular weight is 401 g/mol. The zero-order chi connectivity index (χ0) is 20.5. The Bertz CT molecular complexity index is 521. The number of rotatable bonds is 6. The van der Waals surface area contributed by atoms with Crippen molar-refractivity contribution in [2.75, 3.05) is 0 Å². The van der Waals surface area contributed by atoms with Crippen LogP contribution in [0.4, 0.5) is 0 Å². The Morgan fingerprint density at radius 2 is 1.15 bits per heavy atom. The van der Waals surface area contributed by atoms with Gasteiger partial charge in [0.25, 0.3) is 0 Å². The summed E-state index contributed by atoms with van der Waals surface area (Å²) in [5.41, 5.74) is -0.767. The Morgan fingerprint density at radius 3 is 1.44 bits per heavy atom. The van der Waals surface area contributed by atoms with Crippen LogP contribution in [0.25, 0.3) is 0 Å². The number of carbonyl (C=O) groups excluding carboxylic acids is 1. The standard InChI is InChI=1S/C22H41O4P/c1-13(2)17-9-7-15(5)11-19(17)21(22(23)27(24,25)26)20-12-16(6)8-10-18(20)14(3)4/h13-21H,7-12H2,1-6H3,(H2,24,25,26). The summed E-state index contributed by atoms with van der Waals surface area (Å²) in [6.07, 6.45) is 6.31. The Hall–Kier alpha value is -0.180. The van der Waals surface area contributed by atoms with Crippen LogP contribution in [0.2, 0.25) is 0 Å². The molecule has 0 bridgehead atoms. The van der Waals surface area contributed by atoms with Gasteiger partial charge in [0.05, 0.1) is 0 Å². The zero-order valence-electron chi connectivity index (χ0n) is 18.1. The van der Waals surface area contributed by atoms with Gasteiger partial charge in [-0.15, -0.1) is 0 Å². The smallest absolute Gasteiger partial charge is 0.319 e. The molecule has 2 rings (SSSR count). The maximum Gasteiger partial charge on any atom is 0.391 e. The van der Waals surface area contributed by atoms with E-state index in [2.05, 4.69) is 41.5 Å². The SMILES string of the molecule is CC1CCC(C(C)C)C(C(C(=O)P(=O)(O)O)C2CC(C)CCC2C(C)C)C1. The molecule has 0 radical (unpaired) electrons. The van der Waals surface area contributed by atoms with E-state index in [4.69, 9.17) is 0 Å². The molecule has 0 aliphatic heterocycles. The molecule has 2 N–H and O–H groups in total. The molecule has 0 spiro atoms. The number of hydrogen-bond donors (Lipinski definition) is 2.